The van der Waals surface area contributed by atoms with Crippen molar-refractivity contribution < 1.29 is 13.9 Å². The number of benzene rings is 1. The third-order valence-corrected chi connectivity index (χ3v) is 6.24. The molecule has 1 aromatic carbocycles. The molecule has 0 spiro atoms. The standard InChI is InChI=1S/C27H30FN5O2/c1-17-12-21(13-18(2)29-17)30-26(34)33-16-27(3,4)35-24-9-8-23(31-25(24)33)19-6-5-7-22(14-19)32-11-10-20(28)15-32/h5-9,12-14,20H,10-11,15-16H2,1-4H3,(H,29,30,34)/t20-/m0/s1. The molecular formula is C27H30FN5O2. The maximum Gasteiger partial charge on any atom is 0.327 e. The molecule has 2 amide bonds. The second-order valence-corrected chi connectivity index (χ2v) is 9.92. The molecular weight excluding hydrogens is 445 g/mol. The molecule has 182 valence electrons. The summed E-state index contributed by atoms with van der Waals surface area (Å²) in [6.45, 7) is 9.14. The van der Waals surface area contributed by atoms with E-state index in [4.69, 9.17) is 9.72 Å². The van der Waals surface area contributed by atoms with Crippen molar-refractivity contribution in [2.24, 2.45) is 0 Å². The zero-order valence-electron chi connectivity index (χ0n) is 20.5. The fourth-order valence-corrected chi connectivity index (χ4v) is 4.73. The van der Waals surface area contributed by atoms with Crippen LogP contribution in [0.2, 0.25) is 0 Å². The maximum atomic E-state index is 13.7. The van der Waals surface area contributed by atoms with Gasteiger partial charge in [0, 0.05) is 41.4 Å². The van der Waals surface area contributed by atoms with Crippen LogP contribution in [0, 0.1) is 13.8 Å². The van der Waals surface area contributed by atoms with Crippen molar-refractivity contribution in [1.82, 2.24) is 9.97 Å². The third-order valence-electron chi connectivity index (χ3n) is 6.24. The van der Waals surface area contributed by atoms with Gasteiger partial charge in [-0.3, -0.25) is 9.88 Å². The molecule has 2 aromatic heterocycles. The molecule has 0 aliphatic carbocycles. The number of alkyl halides is 1. The van der Waals surface area contributed by atoms with Gasteiger partial charge in [-0.1, -0.05) is 12.1 Å². The number of anilines is 3. The minimum Gasteiger partial charge on any atom is -0.482 e. The number of aromatic nitrogens is 2. The summed E-state index contributed by atoms with van der Waals surface area (Å²) in [6.07, 6.45) is -0.240. The number of ether oxygens (including phenoxy) is 1. The van der Waals surface area contributed by atoms with Gasteiger partial charge in [-0.25, -0.2) is 14.2 Å². The molecule has 1 N–H and O–H groups in total. The number of hydrogen-bond acceptors (Lipinski definition) is 5. The van der Waals surface area contributed by atoms with Crippen molar-refractivity contribution in [2.75, 3.05) is 34.8 Å². The third kappa shape index (κ3) is 4.92. The van der Waals surface area contributed by atoms with Gasteiger partial charge in [-0.05, 0) is 70.5 Å². The van der Waals surface area contributed by atoms with Gasteiger partial charge in [0.05, 0.1) is 12.2 Å². The normalized spacial score (nSPS) is 18.7. The number of pyridine rings is 2. The van der Waals surface area contributed by atoms with Gasteiger partial charge in [0.2, 0.25) is 0 Å². The van der Waals surface area contributed by atoms with Crippen LogP contribution in [0.5, 0.6) is 5.75 Å². The van der Waals surface area contributed by atoms with Crippen molar-refractivity contribution in [1.29, 1.82) is 0 Å². The van der Waals surface area contributed by atoms with Gasteiger partial charge in [0.1, 0.15) is 11.8 Å². The molecule has 35 heavy (non-hydrogen) atoms. The van der Waals surface area contributed by atoms with E-state index in [2.05, 4.69) is 15.2 Å². The van der Waals surface area contributed by atoms with E-state index in [-0.39, 0.29) is 6.03 Å². The summed E-state index contributed by atoms with van der Waals surface area (Å²) in [5, 5.41) is 2.99. The Labute approximate surface area is 204 Å². The zero-order valence-corrected chi connectivity index (χ0v) is 20.5. The Morgan fingerprint density at radius 1 is 1.11 bits per heavy atom. The Balaban J connectivity index is 1.47. The summed E-state index contributed by atoms with van der Waals surface area (Å²) in [6, 6.07) is 15.1. The van der Waals surface area contributed by atoms with Crippen LogP contribution < -0.4 is 19.9 Å². The number of nitrogens with zero attached hydrogens (tertiary/aromatic N) is 4. The lowest BCUT2D eigenvalue weighted by atomic mass is 10.1. The van der Waals surface area contributed by atoms with Crippen molar-refractivity contribution >= 4 is 23.2 Å². The SMILES string of the molecule is Cc1cc(NC(=O)N2CC(C)(C)Oc3ccc(-c4cccc(N5CC[C@H](F)C5)c4)nc32)cc(C)n1. The van der Waals surface area contributed by atoms with Crippen LogP contribution in [0.1, 0.15) is 31.7 Å². The van der Waals surface area contributed by atoms with Crippen LogP contribution in [0.25, 0.3) is 11.3 Å². The molecule has 0 saturated carbocycles. The Kier molecular flexibility index (Phi) is 5.83. The van der Waals surface area contributed by atoms with Crippen molar-refractivity contribution in [2.45, 2.75) is 45.9 Å². The highest BCUT2D eigenvalue weighted by Gasteiger charge is 2.36. The first-order valence-corrected chi connectivity index (χ1v) is 11.9. The first-order valence-electron chi connectivity index (χ1n) is 11.9. The van der Waals surface area contributed by atoms with Gasteiger partial charge in [-0.2, -0.15) is 0 Å². The lowest BCUT2D eigenvalue weighted by molar-refractivity contribution is 0.106. The second kappa shape index (κ2) is 8.83. The minimum atomic E-state index is -0.791. The van der Waals surface area contributed by atoms with Crippen LogP contribution in [0.4, 0.5) is 26.4 Å². The quantitative estimate of drug-likeness (QED) is 0.540. The molecule has 8 heteroatoms. The van der Waals surface area contributed by atoms with Crippen LogP contribution >= 0.6 is 0 Å². The molecule has 2 aliphatic rings. The number of aryl methyl sites for hydroxylation is 2. The maximum absolute atomic E-state index is 13.7. The fraction of sp³-hybridized carbons (Fsp3) is 0.370. The van der Waals surface area contributed by atoms with E-state index in [9.17, 15) is 9.18 Å². The van der Waals surface area contributed by atoms with Crippen molar-refractivity contribution in [3.63, 3.8) is 0 Å². The molecule has 1 fully saturated rings. The van der Waals surface area contributed by atoms with E-state index in [1.54, 1.807) is 4.90 Å². The predicted octanol–water partition coefficient (Wildman–Crippen LogP) is 5.52. The number of amides is 2. The zero-order chi connectivity index (χ0) is 24.7. The van der Waals surface area contributed by atoms with E-state index in [0.29, 0.717) is 43.3 Å². The van der Waals surface area contributed by atoms with E-state index >= 15 is 0 Å². The molecule has 5 rings (SSSR count). The van der Waals surface area contributed by atoms with E-state index in [1.165, 1.54) is 0 Å². The molecule has 0 bridgehead atoms. The van der Waals surface area contributed by atoms with Crippen LogP contribution in [-0.2, 0) is 0 Å². The number of carbonyl (C=O) groups excluding carboxylic acids is 1. The Hall–Kier alpha value is -3.68. The number of rotatable bonds is 3. The number of urea groups is 1. The van der Waals surface area contributed by atoms with Gasteiger partial charge < -0.3 is 15.0 Å². The molecule has 4 heterocycles. The van der Waals surface area contributed by atoms with E-state index < -0.39 is 11.8 Å². The molecule has 1 saturated heterocycles. The second-order valence-electron chi connectivity index (χ2n) is 9.92. The largest absolute Gasteiger partial charge is 0.482 e. The average molecular weight is 476 g/mol. The highest BCUT2D eigenvalue weighted by atomic mass is 19.1. The molecule has 0 unspecified atom stereocenters. The first-order chi connectivity index (χ1) is 16.7. The number of hydrogen-bond donors (Lipinski definition) is 1. The summed E-state index contributed by atoms with van der Waals surface area (Å²) in [4.78, 5) is 26.3. The average Bonchev–Trinajstić information content (AvgIpc) is 3.23. The summed E-state index contributed by atoms with van der Waals surface area (Å²) < 4.78 is 19.9. The Morgan fingerprint density at radius 2 is 1.89 bits per heavy atom. The fourth-order valence-electron chi connectivity index (χ4n) is 4.73. The number of fused-ring (bicyclic) bond motifs is 1. The molecule has 7 nitrogen and oxygen atoms in total. The van der Waals surface area contributed by atoms with Gasteiger partial charge in [0.25, 0.3) is 0 Å². The predicted molar refractivity (Wildman–Crippen MR) is 136 cm³/mol. The first kappa shape index (κ1) is 23.1. The molecule has 3 aromatic rings. The van der Waals surface area contributed by atoms with Crippen LogP contribution in [-0.4, -0.2) is 47.4 Å². The Morgan fingerprint density at radius 3 is 2.60 bits per heavy atom. The highest BCUT2D eigenvalue weighted by Crippen LogP contribution is 2.38. The summed E-state index contributed by atoms with van der Waals surface area (Å²) in [7, 11) is 0. The monoisotopic (exact) mass is 475 g/mol. The van der Waals surface area contributed by atoms with Gasteiger partial charge in [-0.15, -0.1) is 0 Å². The van der Waals surface area contributed by atoms with E-state index in [1.807, 2.05) is 76.2 Å². The summed E-state index contributed by atoms with van der Waals surface area (Å²) >= 11 is 0. The van der Waals surface area contributed by atoms with Crippen molar-refractivity contribution in [3.8, 4) is 17.0 Å². The topological polar surface area (TPSA) is 70.6 Å². The highest BCUT2D eigenvalue weighted by molar-refractivity contribution is 6.02. The lowest BCUT2D eigenvalue weighted by Crippen LogP contribution is -2.51. The van der Waals surface area contributed by atoms with Crippen molar-refractivity contribution in [3.05, 3.63) is 59.9 Å². The van der Waals surface area contributed by atoms with Gasteiger partial charge >= 0.3 is 6.03 Å². The van der Waals surface area contributed by atoms with E-state index in [0.717, 1.165) is 28.3 Å². The summed E-state index contributed by atoms with van der Waals surface area (Å²) in [5.74, 6) is 1.02. The van der Waals surface area contributed by atoms with Crippen LogP contribution in [0.15, 0.2) is 48.5 Å². The molecule has 1 atom stereocenters. The molecule has 2 aliphatic heterocycles. The molecule has 0 radical (unpaired) electrons. The van der Waals surface area contributed by atoms with Crippen LogP contribution in [0.3, 0.4) is 0 Å². The van der Waals surface area contributed by atoms with Gasteiger partial charge in [0.15, 0.2) is 11.6 Å². The lowest BCUT2D eigenvalue weighted by Gasteiger charge is -2.38. The Bertz CT molecular complexity index is 1260. The number of carbonyl (C=O) groups is 1. The summed E-state index contributed by atoms with van der Waals surface area (Å²) in [5.41, 5.74) is 4.37. The number of halogens is 1. The number of nitrogens with one attached hydrogen (secondary N) is 1. The smallest absolute Gasteiger partial charge is 0.327 e. The minimum absolute atomic E-state index is 0.280.